The monoisotopic (exact) mass is 402 g/mol. The standard InChI is InChI=1S/C19H15ClN2O4S/c1-24-15-8-11(9-16-17(15)26-7-6-25-16)18(23)22-19-21-14(10-27-19)12-4-2-3-5-13(12)20/h2-5,8-10H,6-7H2,1H3,(H,21,22,23). The van der Waals surface area contributed by atoms with E-state index in [9.17, 15) is 4.79 Å². The number of nitrogens with one attached hydrogen (secondary N) is 1. The largest absolute Gasteiger partial charge is 0.493 e. The Balaban J connectivity index is 1.57. The van der Waals surface area contributed by atoms with Crippen LogP contribution in [0.4, 0.5) is 5.13 Å². The molecule has 0 unspecified atom stereocenters. The second kappa shape index (κ2) is 7.46. The molecule has 27 heavy (non-hydrogen) atoms. The predicted molar refractivity (Wildman–Crippen MR) is 104 cm³/mol. The number of thiazole rings is 1. The van der Waals surface area contributed by atoms with Gasteiger partial charge in [0.15, 0.2) is 16.6 Å². The number of ether oxygens (including phenoxy) is 3. The van der Waals surface area contributed by atoms with Gasteiger partial charge in [-0.05, 0) is 18.2 Å². The molecule has 8 heteroatoms. The molecular formula is C19H15ClN2O4S. The van der Waals surface area contributed by atoms with Gasteiger partial charge in [0.25, 0.3) is 5.91 Å². The molecule has 0 saturated carbocycles. The Kier molecular flexibility index (Phi) is 4.87. The Morgan fingerprint density at radius 2 is 2.07 bits per heavy atom. The minimum absolute atomic E-state index is 0.315. The quantitative estimate of drug-likeness (QED) is 0.696. The highest BCUT2D eigenvalue weighted by molar-refractivity contribution is 7.14. The van der Waals surface area contributed by atoms with Gasteiger partial charge in [-0.15, -0.1) is 11.3 Å². The summed E-state index contributed by atoms with van der Waals surface area (Å²) < 4.78 is 16.4. The Bertz CT molecular complexity index is 988. The van der Waals surface area contributed by atoms with E-state index in [0.29, 0.717) is 51.9 Å². The minimum Gasteiger partial charge on any atom is -0.493 e. The number of carbonyl (C=O) groups excluding carboxylic acids is 1. The first-order valence-electron chi connectivity index (χ1n) is 8.15. The normalized spacial score (nSPS) is 12.5. The number of nitrogens with zero attached hydrogens (tertiary/aromatic N) is 1. The Labute approximate surface area is 164 Å². The van der Waals surface area contributed by atoms with Crippen molar-refractivity contribution in [2.45, 2.75) is 0 Å². The molecule has 0 atom stereocenters. The summed E-state index contributed by atoms with van der Waals surface area (Å²) in [5.41, 5.74) is 1.92. The highest BCUT2D eigenvalue weighted by Crippen LogP contribution is 2.40. The van der Waals surface area contributed by atoms with Crippen LogP contribution in [-0.2, 0) is 0 Å². The fraction of sp³-hybridized carbons (Fsp3) is 0.158. The van der Waals surface area contributed by atoms with E-state index in [4.69, 9.17) is 25.8 Å². The summed E-state index contributed by atoms with van der Waals surface area (Å²) in [6.07, 6.45) is 0. The third-order valence-corrected chi connectivity index (χ3v) is 5.05. The lowest BCUT2D eigenvalue weighted by atomic mass is 10.1. The Morgan fingerprint density at radius 3 is 2.89 bits per heavy atom. The van der Waals surface area contributed by atoms with Crippen molar-refractivity contribution < 1.29 is 19.0 Å². The first-order chi connectivity index (χ1) is 13.2. The van der Waals surface area contributed by atoms with Crippen LogP contribution >= 0.6 is 22.9 Å². The SMILES string of the molecule is COc1cc(C(=O)Nc2nc(-c3ccccc3Cl)cs2)cc2c1OCCO2. The number of benzene rings is 2. The first kappa shape index (κ1) is 17.6. The van der Waals surface area contributed by atoms with Gasteiger partial charge in [-0.1, -0.05) is 29.8 Å². The van der Waals surface area contributed by atoms with Crippen LogP contribution in [0.25, 0.3) is 11.3 Å². The molecule has 1 aliphatic heterocycles. The van der Waals surface area contributed by atoms with Crippen LogP contribution in [-0.4, -0.2) is 31.2 Å². The number of methoxy groups -OCH3 is 1. The lowest BCUT2D eigenvalue weighted by Crippen LogP contribution is -2.18. The summed E-state index contributed by atoms with van der Waals surface area (Å²) in [6, 6.07) is 10.7. The molecule has 2 heterocycles. The van der Waals surface area contributed by atoms with Crippen LogP contribution in [0, 0.1) is 0 Å². The third kappa shape index (κ3) is 3.56. The molecule has 3 aromatic rings. The van der Waals surface area contributed by atoms with Gasteiger partial charge in [-0.3, -0.25) is 10.1 Å². The van der Waals surface area contributed by atoms with Crippen molar-refractivity contribution in [2.75, 3.05) is 25.6 Å². The Morgan fingerprint density at radius 1 is 1.26 bits per heavy atom. The van der Waals surface area contributed by atoms with Gasteiger partial charge < -0.3 is 14.2 Å². The van der Waals surface area contributed by atoms with Crippen molar-refractivity contribution in [1.82, 2.24) is 4.98 Å². The maximum atomic E-state index is 12.7. The summed E-state index contributed by atoms with van der Waals surface area (Å²) in [5.74, 6) is 1.13. The van der Waals surface area contributed by atoms with E-state index in [1.807, 2.05) is 23.6 Å². The van der Waals surface area contributed by atoms with Gasteiger partial charge >= 0.3 is 0 Å². The molecule has 4 rings (SSSR count). The fourth-order valence-corrected chi connectivity index (χ4v) is 3.64. The second-order valence-electron chi connectivity index (χ2n) is 5.67. The number of carbonyl (C=O) groups is 1. The van der Waals surface area contributed by atoms with Crippen molar-refractivity contribution >= 4 is 34.0 Å². The van der Waals surface area contributed by atoms with Gasteiger partial charge in [-0.25, -0.2) is 4.98 Å². The molecule has 6 nitrogen and oxygen atoms in total. The average Bonchev–Trinajstić information content (AvgIpc) is 3.15. The van der Waals surface area contributed by atoms with E-state index in [-0.39, 0.29) is 5.91 Å². The number of rotatable bonds is 4. The molecule has 1 aromatic heterocycles. The van der Waals surface area contributed by atoms with E-state index in [2.05, 4.69) is 10.3 Å². The van der Waals surface area contributed by atoms with Crippen LogP contribution in [0.1, 0.15) is 10.4 Å². The maximum absolute atomic E-state index is 12.7. The van der Waals surface area contributed by atoms with Crippen molar-refractivity contribution in [3.8, 4) is 28.5 Å². The highest BCUT2D eigenvalue weighted by Gasteiger charge is 2.21. The van der Waals surface area contributed by atoms with Crippen molar-refractivity contribution in [3.05, 3.63) is 52.4 Å². The predicted octanol–water partition coefficient (Wildman–Crippen LogP) is 4.50. The zero-order valence-electron chi connectivity index (χ0n) is 14.3. The van der Waals surface area contributed by atoms with E-state index < -0.39 is 0 Å². The molecular weight excluding hydrogens is 388 g/mol. The van der Waals surface area contributed by atoms with Crippen molar-refractivity contribution in [1.29, 1.82) is 0 Å². The summed E-state index contributed by atoms with van der Waals surface area (Å²) in [4.78, 5) is 17.1. The highest BCUT2D eigenvalue weighted by atomic mass is 35.5. The summed E-state index contributed by atoms with van der Waals surface area (Å²) in [6.45, 7) is 0.869. The topological polar surface area (TPSA) is 69.7 Å². The molecule has 0 radical (unpaired) electrons. The molecule has 0 aliphatic carbocycles. The van der Waals surface area contributed by atoms with E-state index >= 15 is 0 Å². The molecule has 0 bridgehead atoms. The molecule has 1 amide bonds. The number of aromatic nitrogens is 1. The van der Waals surface area contributed by atoms with Crippen LogP contribution in [0.5, 0.6) is 17.2 Å². The molecule has 0 saturated heterocycles. The number of hydrogen-bond donors (Lipinski definition) is 1. The summed E-state index contributed by atoms with van der Waals surface area (Å²) in [5, 5.41) is 5.73. The number of hydrogen-bond acceptors (Lipinski definition) is 6. The molecule has 0 spiro atoms. The molecule has 2 aromatic carbocycles. The number of fused-ring (bicyclic) bond motifs is 1. The molecule has 1 N–H and O–H groups in total. The zero-order chi connectivity index (χ0) is 18.8. The zero-order valence-corrected chi connectivity index (χ0v) is 15.9. The Hall–Kier alpha value is -2.77. The van der Waals surface area contributed by atoms with Crippen LogP contribution in [0.15, 0.2) is 41.8 Å². The lowest BCUT2D eigenvalue weighted by Gasteiger charge is -2.21. The molecule has 138 valence electrons. The first-order valence-corrected chi connectivity index (χ1v) is 9.41. The number of amides is 1. The van der Waals surface area contributed by atoms with E-state index in [0.717, 1.165) is 5.56 Å². The van der Waals surface area contributed by atoms with E-state index in [1.54, 1.807) is 18.2 Å². The van der Waals surface area contributed by atoms with Crippen LogP contribution in [0.3, 0.4) is 0 Å². The minimum atomic E-state index is -0.315. The number of halogens is 1. The van der Waals surface area contributed by atoms with Crippen LogP contribution < -0.4 is 19.5 Å². The fourth-order valence-electron chi connectivity index (χ4n) is 2.70. The van der Waals surface area contributed by atoms with E-state index in [1.165, 1.54) is 18.4 Å². The lowest BCUT2D eigenvalue weighted by molar-refractivity contribution is 0.102. The summed E-state index contributed by atoms with van der Waals surface area (Å²) >= 11 is 7.53. The van der Waals surface area contributed by atoms with Gasteiger partial charge in [0.05, 0.1) is 12.8 Å². The molecule has 1 aliphatic rings. The van der Waals surface area contributed by atoms with Crippen molar-refractivity contribution in [2.24, 2.45) is 0 Å². The average molecular weight is 403 g/mol. The summed E-state index contributed by atoms with van der Waals surface area (Å²) in [7, 11) is 1.52. The van der Waals surface area contributed by atoms with Gasteiger partial charge in [-0.2, -0.15) is 0 Å². The smallest absolute Gasteiger partial charge is 0.257 e. The van der Waals surface area contributed by atoms with Gasteiger partial charge in [0.2, 0.25) is 5.75 Å². The van der Waals surface area contributed by atoms with Crippen molar-refractivity contribution in [3.63, 3.8) is 0 Å². The van der Waals surface area contributed by atoms with Gasteiger partial charge in [0.1, 0.15) is 13.2 Å². The third-order valence-electron chi connectivity index (χ3n) is 3.96. The number of anilines is 1. The maximum Gasteiger partial charge on any atom is 0.257 e. The molecule has 0 fully saturated rings. The van der Waals surface area contributed by atoms with Crippen LogP contribution in [0.2, 0.25) is 5.02 Å². The van der Waals surface area contributed by atoms with Gasteiger partial charge in [0, 0.05) is 21.5 Å². The second-order valence-corrected chi connectivity index (χ2v) is 6.94.